The Morgan fingerprint density at radius 2 is 1.75 bits per heavy atom. The minimum Gasteiger partial charge on any atom is -0.197 e. The zero-order chi connectivity index (χ0) is 11.0. The molecule has 1 aromatic carbocycles. The third-order valence-corrected chi connectivity index (χ3v) is 4.02. The molecule has 16 heavy (non-hydrogen) atoms. The van der Waals surface area contributed by atoms with Crippen LogP contribution in [0, 0.1) is 0 Å². The Bertz CT molecular complexity index is 495. The molecule has 80 valence electrons. The standard InChI is InChI=1S/C14H13BrN/c15-13-10-11-6-2-3-7-12(11)14(13)16-8-4-1-5-9-16/h1-9,13-14H,10H2/q+1/t13-,14+/m0/s1. The van der Waals surface area contributed by atoms with Crippen LogP contribution in [0.3, 0.4) is 0 Å². The van der Waals surface area contributed by atoms with E-state index in [1.807, 2.05) is 0 Å². The van der Waals surface area contributed by atoms with Gasteiger partial charge >= 0.3 is 0 Å². The molecule has 0 fully saturated rings. The van der Waals surface area contributed by atoms with Gasteiger partial charge in [-0.05, 0) is 12.0 Å². The monoisotopic (exact) mass is 274 g/mol. The molecule has 2 heteroatoms. The van der Waals surface area contributed by atoms with Crippen LogP contribution in [0.2, 0.25) is 0 Å². The largest absolute Gasteiger partial charge is 0.197 e. The Morgan fingerprint density at radius 1 is 1.00 bits per heavy atom. The van der Waals surface area contributed by atoms with Gasteiger partial charge in [-0.2, -0.15) is 4.57 Å². The van der Waals surface area contributed by atoms with Crippen LogP contribution in [0.1, 0.15) is 17.2 Å². The summed E-state index contributed by atoms with van der Waals surface area (Å²) in [6.07, 6.45) is 5.39. The predicted octanol–water partition coefficient (Wildman–Crippen LogP) is 2.88. The van der Waals surface area contributed by atoms with Crippen LogP contribution in [0.4, 0.5) is 0 Å². The minimum atomic E-state index is 0.428. The zero-order valence-corrected chi connectivity index (χ0v) is 10.5. The van der Waals surface area contributed by atoms with Gasteiger partial charge in [0.25, 0.3) is 0 Å². The Balaban J connectivity index is 2.09. The molecular weight excluding hydrogens is 262 g/mol. The van der Waals surface area contributed by atoms with Crippen LogP contribution in [0.25, 0.3) is 0 Å². The molecule has 0 radical (unpaired) electrons. The molecule has 0 amide bonds. The fourth-order valence-electron chi connectivity index (χ4n) is 2.47. The number of halogens is 1. The Morgan fingerprint density at radius 3 is 2.56 bits per heavy atom. The number of hydrogen-bond donors (Lipinski definition) is 0. The first kappa shape index (κ1) is 10.0. The number of alkyl halides is 1. The lowest BCUT2D eigenvalue weighted by molar-refractivity contribution is -0.711. The third kappa shape index (κ3) is 1.57. The normalized spacial score (nSPS) is 23.1. The second kappa shape index (κ2) is 4.02. The van der Waals surface area contributed by atoms with Crippen LogP contribution in [-0.2, 0) is 6.42 Å². The quantitative estimate of drug-likeness (QED) is 0.556. The molecule has 0 unspecified atom stereocenters. The molecule has 1 aliphatic carbocycles. The first-order chi connectivity index (χ1) is 7.86. The molecule has 2 atom stereocenters. The van der Waals surface area contributed by atoms with Gasteiger partial charge in [0.05, 0.1) is 4.83 Å². The molecule has 2 aromatic rings. The van der Waals surface area contributed by atoms with Crippen molar-refractivity contribution >= 4 is 15.9 Å². The number of benzene rings is 1. The van der Waals surface area contributed by atoms with Gasteiger partial charge < -0.3 is 0 Å². The van der Waals surface area contributed by atoms with Gasteiger partial charge in [0.15, 0.2) is 18.4 Å². The first-order valence-electron chi connectivity index (χ1n) is 5.54. The van der Waals surface area contributed by atoms with Gasteiger partial charge in [0.2, 0.25) is 0 Å². The molecule has 0 bridgehead atoms. The van der Waals surface area contributed by atoms with Crippen LogP contribution in [0.15, 0.2) is 54.9 Å². The highest BCUT2D eigenvalue weighted by atomic mass is 79.9. The van der Waals surface area contributed by atoms with Gasteiger partial charge in [-0.15, -0.1) is 0 Å². The maximum Gasteiger partial charge on any atom is 0.196 e. The number of pyridine rings is 1. The van der Waals surface area contributed by atoms with Gasteiger partial charge in [-0.3, -0.25) is 0 Å². The fourth-order valence-corrected chi connectivity index (χ4v) is 3.38. The average Bonchev–Trinajstić information content (AvgIpc) is 2.66. The van der Waals surface area contributed by atoms with Crippen molar-refractivity contribution in [3.05, 3.63) is 66.0 Å². The maximum atomic E-state index is 3.80. The van der Waals surface area contributed by atoms with E-state index in [0.29, 0.717) is 10.9 Å². The van der Waals surface area contributed by atoms with Gasteiger partial charge in [-0.25, -0.2) is 0 Å². The van der Waals surface area contributed by atoms with Gasteiger partial charge in [0.1, 0.15) is 0 Å². The van der Waals surface area contributed by atoms with Crippen molar-refractivity contribution in [3.8, 4) is 0 Å². The molecular formula is C14H13BrN+. The highest BCUT2D eigenvalue weighted by molar-refractivity contribution is 9.09. The van der Waals surface area contributed by atoms with E-state index in [9.17, 15) is 0 Å². The Labute approximate surface area is 104 Å². The molecule has 1 nitrogen and oxygen atoms in total. The van der Waals surface area contributed by atoms with E-state index in [1.165, 1.54) is 11.1 Å². The summed E-state index contributed by atoms with van der Waals surface area (Å²) >= 11 is 3.80. The van der Waals surface area contributed by atoms with E-state index in [0.717, 1.165) is 6.42 Å². The highest BCUT2D eigenvalue weighted by Gasteiger charge is 2.36. The van der Waals surface area contributed by atoms with E-state index in [1.54, 1.807) is 0 Å². The van der Waals surface area contributed by atoms with Crippen molar-refractivity contribution in [1.29, 1.82) is 0 Å². The Kier molecular flexibility index (Phi) is 2.52. The molecule has 0 saturated carbocycles. The SMILES string of the molecule is Br[C@H]1Cc2ccccc2[C@H]1[n+]1ccccc1. The lowest BCUT2D eigenvalue weighted by Gasteiger charge is -2.10. The average molecular weight is 275 g/mol. The number of rotatable bonds is 1. The van der Waals surface area contributed by atoms with Crippen molar-refractivity contribution in [2.75, 3.05) is 0 Å². The summed E-state index contributed by atoms with van der Waals surface area (Å²) in [6, 6.07) is 15.4. The summed E-state index contributed by atoms with van der Waals surface area (Å²) in [5.41, 5.74) is 2.91. The summed E-state index contributed by atoms with van der Waals surface area (Å²) in [6.45, 7) is 0. The first-order valence-corrected chi connectivity index (χ1v) is 6.45. The van der Waals surface area contributed by atoms with E-state index in [2.05, 4.69) is 75.4 Å². The van der Waals surface area contributed by atoms with Crippen molar-refractivity contribution in [1.82, 2.24) is 0 Å². The predicted molar refractivity (Wildman–Crippen MR) is 67.6 cm³/mol. The third-order valence-electron chi connectivity index (χ3n) is 3.19. The molecule has 1 aromatic heterocycles. The topological polar surface area (TPSA) is 3.88 Å². The maximum absolute atomic E-state index is 3.80. The van der Waals surface area contributed by atoms with Crippen LogP contribution in [0.5, 0.6) is 0 Å². The number of hydrogen-bond acceptors (Lipinski definition) is 0. The number of nitrogens with zero attached hydrogens (tertiary/aromatic N) is 1. The summed E-state index contributed by atoms with van der Waals surface area (Å²) in [4.78, 5) is 0.498. The van der Waals surface area contributed by atoms with Crippen LogP contribution < -0.4 is 4.57 Å². The summed E-state index contributed by atoms with van der Waals surface area (Å²) in [7, 11) is 0. The van der Waals surface area contributed by atoms with E-state index < -0.39 is 0 Å². The van der Waals surface area contributed by atoms with E-state index in [4.69, 9.17) is 0 Å². The number of fused-ring (bicyclic) bond motifs is 1. The highest BCUT2D eigenvalue weighted by Crippen LogP contribution is 2.35. The van der Waals surface area contributed by atoms with E-state index >= 15 is 0 Å². The molecule has 0 aliphatic heterocycles. The van der Waals surface area contributed by atoms with Crippen molar-refractivity contribution < 1.29 is 4.57 Å². The lowest BCUT2D eigenvalue weighted by atomic mass is 10.1. The molecule has 0 saturated heterocycles. The van der Waals surface area contributed by atoms with Crippen LogP contribution >= 0.6 is 15.9 Å². The molecule has 3 rings (SSSR count). The van der Waals surface area contributed by atoms with E-state index in [-0.39, 0.29) is 0 Å². The molecule has 0 spiro atoms. The van der Waals surface area contributed by atoms with Gasteiger partial charge in [0, 0.05) is 17.7 Å². The summed E-state index contributed by atoms with van der Waals surface area (Å²) in [5.74, 6) is 0. The zero-order valence-electron chi connectivity index (χ0n) is 8.88. The van der Waals surface area contributed by atoms with Crippen molar-refractivity contribution in [2.45, 2.75) is 17.3 Å². The lowest BCUT2D eigenvalue weighted by Crippen LogP contribution is -2.42. The molecule has 1 aliphatic rings. The number of aromatic nitrogens is 1. The molecule has 1 heterocycles. The minimum absolute atomic E-state index is 0.428. The van der Waals surface area contributed by atoms with Crippen molar-refractivity contribution in [3.63, 3.8) is 0 Å². The fraction of sp³-hybridized carbons (Fsp3) is 0.214. The van der Waals surface area contributed by atoms with Crippen LogP contribution in [-0.4, -0.2) is 4.83 Å². The summed E-state index contributed by atoms with van der Waals surface area (Å²) in [5, 5.41) is 0. The Hall–Kier alpha value is -1.15. The summed E-state index contributed by atoms with van der Waals surface area (Å²) < 4.78 is 2.28. The van der Waals surface area contributed by atoms with Gasteiger partial charge in [-0.1, -0.05) is 46.3 Å². The second-order valence-electron chi connectivity index (χ2n) is 4.19. The molecule has 0 N–H and O–H groups in total. The smallest absolute Gasteiger partial charge is 0.196 e. The van der Waals surface area contributed by atoms with Crippen molar-refractivity contribution in [2.24, 2.45) is 0 Å². The second-order valence-corrected chi connectivity index (χ2v) is 5.36.